The van der Waals surface area contributed by atoms with E-state index in [0.717, 1.165) is 27.9 Å². The number of nitrogens with zero attached hydrogens (tertiary/aromatic N) is 4. The Hall–Kier alpha value is -2.86. The summed E-state index contributed by atoms with van der Waals surface area (Å²) in [6.07, 6.45) is 1.85. The van der Waals surface area contributed by atoms with Crippen molar-refractivity contribution < 1.29 is 4.79 Å². The summed E-state index contributed by atoms with van der Waals surface area (Å²) in [6.45, 7) is 4.50. The second kappa shape index (κ2) is 8.68. The smallest absolute Gasteiger partial charge is 0.253 e. The Morgan fingerprint density at radius 3 is 2.44 bits per heavy atom. The Bertz CT molecular complexity index is 917. The van der Waals surface area contributed by atoms with Gasteiger partial charge in [-0.2, -0.15) is 0 Å². The zero-order chi connectivity index (χ0) is 19.2. The van der Waals surface area contributed by atoms with Gasteiger partial charge in [-0.1, -0.05) is 60.3 Å². The maximum absolute atomic E-state index is 12.0. The third-order valence-electron chi connectivity index (χ3n) is 4.04. The Labute approximate surface area is 163 Å². The molecule has 0 aliphatic carbocycles. The highest BCUT2D eigenvalue weighted by Gasteiger charge is 2.13. The second-order valence-electron chi connectivity index (χ2n) is 6.26. The molecule has 3 rings (SSSR count). The van der Waals surface area contributed by atoms with Crippen LogP contribution in [0.5, 0.6) is 0 Å². The second-order valence-corrected chi connectivity index (χ2v) is 7.20. The number of benzene rings is 2. The summed E-state index contributed by atoms with van der Waals surface area (Å²) in [5, 5.41) is 9.58. The van der Waals surface area contributed by atoms with Gasteiger partial charge in [0.15, 0.2) is 11.0 Å². The maximum atomic E-state index is 12.0. The molecule has 1 aromatic heterocycles. The lowest BCUT2D eigenvalue weighted by Gasteiger charge is -2.10. The molecule has 138 valence electrons. The van der Waals surface area contributed by atoms with E-state index in [0.29, 0.717) is 12.1 Å². The fourth-order valence-corrected chi connectivity index (χ4v) is 3.54. The first kappa shape index (κ1) is 18.9. The number of carbonyl (C=O) groups excluding carboxylic acids is 1. The number of carbonyl (C=O) groups is 1. The van der Waals surface area contributed by atoms with E-state index in [4.69, 9.17) is 0 Å². The molecule has 0 N–H and O–H groups in total. The maximum Gasteiger partial charge on any atom is 0.253 e. The van der Waals surface area contributed by atoms with E-state index < -0.39 is 0 Å². The van der Waals surface area contributed by atoms with Crippen LogP contribution in [-0.4, -0.2) is 39.7 Å². The molecule has 1 heterocycles. The first-order chi connectivity index (χ1) is 13.1. The zero-order valence-electron chi connectivity index (χ0n) is 15.5. The Morgan fingerprint density at radius 1 is 1.11 bits per heavy atom. The van der Waals surface area contributed by atoms with E-state index in [1.54, 1.807) is 30.8 Å². The molecule has 0 bridgehead atoms. The molecule has 6 heteroatoms. The first-order valence-electron chi connectivity index (χ1n) is 8.63. The van der Waals surface area contributed by atoms with Crippen LogP contribution in [0.3, 0.4) is 0 Å². The van der Waals surface area contributed by atoms with Gasteiger partial charge >= 0.3 is 0 Å². The van der Waals surface area contributed by atoms with E-state index >= 15 is 0 Å². The fraction of sp³-hybridized carbons (Fsp3) is 0.190. The molecule has 0 saturated heterocycles. The van der Waals surface area contributed by atoms with Crippen molar-refractivity contribution in [3.63, 3.8) is 0 Å². The highest BCUT2D eigenvalue weighted by Crippen LogP contribution is 2.26. The number of hydrogen-bond donors (Lipinski definition) is 0. The number of aromatic nitrogens is 3. The predicted octanol–water partition coefficient (Wildman–Crippen LogP) is 4.13. The van der Waals surface area contributed by atoms with Crippen LogP contribution in [0.15, 0.2) is 72.4 Å². The highest BCUT2D eigenvalue weighted by atomic mass is 32.2. The first-order valence-corrected chi connectivity index (χ1v) is 9.61. The standard InChI is InChI=1S/C21H22N4OS/c1-4-14-25-19(17-8-6-5-7-9-17)22-23-21(25)27-15-16-10-12-18(13-11-16)20(26)24(2)3/h4-13H,1,14-15H2,2-3H3. The molecule has 3 aromatic rings. The molecule has 5 nitrogen and oxygen atoms in total. The lowest BCUT2D eigenvalue weighted by atomic mass is 10.1. The molecule has 27 heavy (non-hydrogen) atoms. The van der Waals surface area contributed by atoms with Crippen molar-refractivity contribution in [3.05, 3.63) is 78.4 Å². The molecule has 0 spiro atoms. The SMILES string of the molecule is C=CCn1c(SCc2ccc(C(=O)N(C)C)cc2)nnc1-c1ccccc1. The molecule has 0 fully saturated rings. The number of thioether (sulfide) groups is 1. The molecular weight excluding hydrogens is 356 g/mol. The average Bonchev–Trinajstić information content (AvgIpc) is 3.10. The van der Waals surface area contributed by atoms with Crippen LogP contribution < -0.4 is 0 Å². The van der Waals surface area contributed by atoms with E-state index in [9.17, 15) is 4.79 Å². The zero-order valence-corrected chi connectivity index (χ0v) is 16.3. The third-order valence-corrected chi connectivity index (χ3v) is 5.07. The number of hydrogen-bond acceptors (Lipinski definition) is 4. The van der Waals surface area contributed by atoms with Crippen molar-refractivity contribution in [2.24, 2.45) is 0 Å². The van der Waals surface area contributed by atoms with Crippen LogP contribution >= 0.6 is 11.8 Å². The minimum absolute atomic E-state index is 0.00688. The minimum atomic E-state index is 0.00688. The van der Waals surface area contributed by atoms with Crippen molar-refractivity contribution >= 4 is 17.7 Å². The summed E-state index contributed by atoms with van der Waals surface area (Å²) in [4.78, 5) is 13.6. The minimum Gasteiger partial charge on any atom is -0.345 e. The summed E-state index contributed by atoms with van der Waals surface area (Å²) >= 11 is 1.62. The van der Waals surface area contributed by atoms with Gasteiger partial charge in [-0.25, -0.2) is 0 Å². The largest absolute Gasteiger partial charge is 0.345 e. The molecule has 1 amide bonds. The lowest BCUT2D eigenvalue weighted by Crippen LogP contribution is -2.21. The lowest BCUT2D eigenvalue weighted by molar-refractivity contribution is 0.0827. The van der Waals surface area contributed by atoms with Crippen molar-refractivity contribution in [3.8, 4) is 11.4 Å². The van der Waals surface area contributed by atoms with Crippen LogP contribution in [-0.2, 0) is 12.3 Å². The van der Waals surface area contributed by atoms with E-state index in [-0.39, 0.29) is 5.91 Å². The van der Waals surface area contributed by atoms with Gasteiger partial charge in [0.1, 0.15) is 0 Å². The molecule has 2 aromatic carbocycles. The molecule has 0 saturated carbocycles. The Balaban J connectivity index is 1.75. The summed E-state index contributed by atoms with van der Waals surface area (Å²) in [6, 6.07) is 17.7. The van der Waals surface area contributed by atoms with Gasteiger partial charge in [0, 0.05) is 37.5 Å². The normalized spacial score (nSPS) is 10.6. The van der Waals surface area contributed by atoms with Gasteiger partial charge in [0.25, 0.3) is 5.91 Å². The summed E-state index contributed by atoms with van der Waals surface area (Å²) < 4.78 is 2.07. The highest BCUT2D eigenvalue weighted by molar-refractivity contribution is 7.98. The summed E-state index contributed by atoms with van der Waals surface area (Å²) in [7, 11) is 3.51. The van der Waals surface area contributed by atoms with E-state index in [1.165, 1.54) is 0 Å². The topological polar surface area (TPSA) is 51.0 Å². The average molecular weight is 379 g/mol. The molecule has 0 unspecified atom stereocenters. The van der Waals surface area contributed by atoms with Crippen LogP contribution in [0.2, 0.25) is 0 Å². The van der Waals surface area contributed by atoms with Crippen molar-refractivity contribution in [2.75, 3.05) is 14.1 Å². The summed E-state index contributed by atoms with van der Waals surface area (Å²) in [5.74, 6) is 1.60. The third kappa shape index (κ3) is 4.46. The monoisotopic (exact) mass is 378 g/mol. The molecule has 0 aliphatic rings. The number of allylic oxidation sites excluding steroid dienone is 1. The quantitative estimate of drug-likeness (QED) is 0.458. The van der Waals surface area contributed by atoms with Crippen molar-refractivity contribution in [2.45, 2.75) is 17.5 Å². The fourth-order valence-electron chi connectivity index (χ4n) is 2.64. The number of rotatable bonds is 7. The van der Waals surface area contributed by atoms with Crippen molar-refractivity contribution in [1.82, 2.24) is 19.7 Å². The van der Waals surface area contributed by atoms with Crippen LogP contribution in [0.4, 0.5) is 0 Å². The van der Waals surface area contributed by atoms with Gasteiger partial charge in [-0.05, 0) is 17.7 Å². The summed E-state index contributed by atoms with van der Waals surface area (Å²) in [5.41, 5.74) is 2.85. The Kier molecular flexibility index (Phi) is 6.08. The van der Waals surface area contributed by atoms with Gasteiger partial charge in [0.2, 0.25) is 0 Å². The molecular formula is C21H22N4OS. The molecule has 0 radical (unpaired) electrons. The van der Waals surface area contributed by atoms with Crippen molar-refractivity contribution in [1.29, 1.82) is 0 Å². The van der Waals surface area contributed by atoms with Gasteiger partial charge in [-0.3, -0.25) is 9.36 Å². The molecule has 0 atom stereocenters. The van der Waals surface area contributed by atoms with E-state index in [1.807, 2.05) is 60.7 Å². The van der Waals surface area contributed by atoms with Crippen LogP contribution in [0, 0.1) is 0 Å². The van der Waals surface area contributed by atoms with Gasteiger partial charge in [-0.15, -0.1) is 16.8 Å². The predicted molar refractivity (Wildman–Crippen MR) is 110 cm³/mol. The van der Waals surface area contributed by atoms with Crippen LogP contribution in [0.1, 0.15) is 15.9 Å². The number of amides is 1. The molecule has 0 aliphatic heterocycles. The van der Waals surface area contributed by atoms with E-state index in [2.05, 4.69) is 21.3 Å². The Morgan fingerprint density at radius 2 is 1.81 bits per heavy atom. The van der Waals surface area contributed by atoms with Gasteiger partial charge < -0.3 is 4.90 Å². The van der Waals surface area contributed by atoms with Crippen LogP contribution in [0.25, 0.3) is 11.4 Å². The van der Waals surface area contributed by atoms with Gasteiger partial charge in [0.05, 0.1) is 0 Å².